The molecule has 0 fully saturated rings. The van der Waals surface area contributed by atoms with Crippen LogP contribution >= 0.6 is 0 Å². The number of hydrogen-bond acceptors (Lipinski definition) is 8. The Morgan fingerprint density at radius 3 is 2.29 bits per heavy atom. The molecule has 2 N–H and O–H groups in total. The fourth-order valence-corrected chi connectivity index (χ4v) is 3.35. The molecule has 1 atom stereocenters. The first-order chi connectivity index (χ1) is 14.8. The Morgan fingerprint density at radius 1 is 0.968 bits per heavy atom. The Hall–Kier alpha value is -3.62. The molecule has 4 rings (SSSR count). The smallest absolute Gasteiger partial charge is 0.261 e. The number of hydrogen-bond donors (Lipinski definition) is 1. The molecule has 4 aromatic rings. The van der Waals surface area contributed by atoms with Gasteiger partial charge >= 0.3 is 0 Å². The molecule has 0 radical (unpaired) electrons. The molecule has 31 heavy (non-hydrogen) atoms. The van der Waals surface area contributed by atoms with E-state index in [1.807, 2.05) is 29.2 Å². The van der Waals surface area contributed by atoms with E-state index >= 15 is 0 Å². The molecule has 9 nitrogen and oxygen atoms in total. The van der Waals surface area contributed by atoms with E-state index in [-0.39, 0.29) is 17.9 Å². The molecule has 0 spiro atoms. The van der Waals surface area contributed by atoms with Gasteiger partial charge in [-0.2, -0.15) is 10.1 Å². The van der Waals surface area contributed by atoms with Crippen LogP contribution in [0.2, 0.25) is 0 Å². The van der Waals surface area contributed by atoms with E-state index in [9.17, 15) is 0 Å². The number of pyridine rings is 1. The summed E-state index contributed by atoms with van der Waals surface area (Å²) in [5.41, 5.74) is 8.45. The predicted octanol–water partition coefficient (Wildman–Crippen LogP) is 3.91. The highest BCUT2D eigenvalue weighted by Gasteiger charge is 2.38. The van der Waals surface area contributed by atoms with Crippen molar-refractivity contribution in [2.24, 2.45) is 5.92 Å². The monoisotopic (exact) mass is 418 g/mol. The lowest BCUT2D eigenvalue weighted by atomic mass is 9.73. The lowest BCUT2D eigenvalue weighted by Gasteiger charge is -2.30. The van der Waals surface area contributed by atoms with E-state index in [2.05, 4.69) is 59.8 Å². The average molecular weight is 419 g/mol. The summed E-state index contributed by atoms with van der Waals surface area (Å²) in [5, 5.41) is 8.68. The molecular weight excluding hydrogens is 392 g/mol. The van der Waals surface area contributed by atoms with Crippen LogP contribution in [0.15, 0.2) is 47.6 Å². The minimum absolute atomic E-state index is 0.198. The molecule has 0 aliphatic carbocycles. The molecule has 0 bridgehead atoms. The zero-order valence-electron chi connectivity index (χ0n) is 18.3. The Labute approximate surface area is 180 Å². The van der Waals surface area contributed by atoms with Crippen LogP contribution in [0.25, 0.3) is 22.7 Å². The highest BCUT2D eigenvalue weighted by atomic mass is 16.5. The molecule has 0 amide bonds. The van der Waals surface area contributed by atoms with Gasteiger partial charge in [-0.1, -0.05) is 25.1 Å². The van der Waals surface area contributed by atoms with Crippen molar-refractivity contribution in [3.05, 3.63) is 54.5 Å². The SMILES string of the molecule is CC(C)n1cc(-c2nc(C(C)(c3ccc(-c4cnc(N)nc4)nc3)C(C)C)no2)cn1. The topological polar surface area (TPSA) is 121 Å². The van der Waals surface area contributed by atoms with Gasteiger partial charge in [0.15, 0.2) is 5.82 Å². The van der Waals surface area contributed by atoms with Gasteiger partial charge in [-0.25, -0.2) is 9.97 Å². The van der Waals surface area contributed by atoms with Crippen LogP contribution in [0.5, 0.6) is 0 Å². The zero-order chi connectivity index (χ0) is 22.2. The van der Waals surface area contributed by atoms with Gasteiger partial charge in [-0.3, -0.25) is 9.67 Å². The third-order valence-corrected chi connectivity index (χ3v) is 5.75. The van der Waals surface area contributed by atoms with Crippen molar-refractivity contribution in [2.75, 3.05) is 5.73 Å². The number of anilines is 1. The van der Waals surface area contributed by atoms with Crippen molar-refractivity contribution in [1.82, 2.24) is 34.9 Å². The molecule has 4 heterocycles. The van der Waals surface area contributed by atoms with Crippen LogP contribution in [0.4, 0.5) is 5.95 Å². The fraction of sp³-hybridized carbons (Fsp3) is 0.364. The third kappa shape index (κ3) is 3.78. The number of nitrogens with two attached hydrogens (primary N) is 1. The summed E-state index contributed by atoms with van der Waals surface area (Å²) >= 11 is 0. The van der Waals surface area contributed by atoms with Crippen LogP contribution in [0, 0.1) is 5.92 Å². The molecular formula is C22H26N8O. The van der Waals surface area contributed by atoms with Crippen molar-refractivity contribution in [3.63, 3.8) is 0 Å². The average Bonchev–Trinajstić information content (AvgIpc) is 3.44. The Bertz CT molecular complexity index is 1160. The van der Waals surface area contributed by atoms with Gasteiger partial charge in [0.2, 0.25) is 5.95 Å². The molecule has 4 aromatic heterocycles. The second-order valence-electron chi connectivity index (χ2n) is 8.35. The summed E-state index contributed by atoms with van der Waals surface area (Å²) < 4.78 is 7.47. The zero-order valence-corrected chi connectivity index (χ0v) is 18.3. The van der Waals surface area contributed by atoms with E-state index in [0.717, 1.165) is 22.4 Å². The van der Waals surface area contributed by atoms with E-state index in [0.29, 0.717) is 11.7 Å². The lowest BCUT2D eigenvalue weighted by molar-refractivity contribution is 0.350. The standard InChI is InChI=1S/C22H26N8O/c1-13(2)22(5,17-6-7-18(24-11-17)15-8-25-21(23)26-9-15)20-28-19(31-29-20)16-10-27-30(12-16)14(3)4/h6-14H,1-5H3,(H2,23,25,26). The van der Waals surface area contributed by atoms with Crippen LogP contribution in [-0.4, -0.2) is 34.9 Å². The Balaban J connectivity index is 1.67. The van der Waals surface area contributed by atoms with Gasteiger partial charge in [0, 0.05) is 36.4 Å². The van der Waals surface area contributed by atoms with Crippen LogP contribution in [-0.2, 0) is 5.41 Å². The van der Waals surface area contributed by atoms with Crippen LogP contribution in [0.3, 0.4) is 0 Å². The Kier molecular flexibility index (Phi) is 5.26. The highest BCUT2D eigenvalue weighted by Crippen LogP contribution is 2.38. The second kappa shape index (κ2) is 7.90. The maximum absolute atomic E-state index is 5.60. The highest BCUT2D eigenvalue weighted by molar-refractivity contribution is 5.58. The van der Waals surface area contributed by atoms with Gasteiger partial charge in [0.25, 0.3) is 5.89 Å². The Morgan fingerprint density at radius 2 is 1.71 bits per heavy atom. The van der Waals surface area contributed by atoms with Crippen molar-refractivity contribution in [1.29, 1.82) is 0 Å². The van der Waals surface area contributed by atoms with Crippen LogP contribution < -0.4 is 5.73 Å². The maximum Gasteiger partial charge on any atom is 0.261 e. The molecule has 0 aliphatic heterocycles. The van der Waals surface area contributed by atoms with Gasteiger partial charge < -0.3 is 10.3 Å². The largest absolute Gasteiger partial charge is 0.368 e. The van der Waals surface area contributed by atoms with E-state index in [1.54, 1.807) is 18.6 Å². The number of nitrogen functional groups attached to an aromatic ring is 1. The summed E-state index contributed by atoms with van der Waals surface area (Å²) in [6.45, 7) is 10.5. The first-order valence-corrected chi connectivity index (χ1v) is 10.2. The molecule has 160 valence electrons. The second-order valence-corrected chi connectivity index (χ2v) is 8.35. The van der Waals surface area contributed by atoms with Gasteiger partial charge in [0.1, 0.15) is 0 Å². The summed E-state index contributed by atoms with van der Waals surface area (Å²) in [4.78, 5) is 17.4. The van der Waals surface area contributed by atoms with Crippen molar-refractivity contribution < 1.29 is 4.52 Å². The number of nitrogens with zero attached hydrogens (tertiary/aromatic N) is 7. The minimum atomic E-state index is -0.487. The summed E-state index contributed by atoms with van der Waals surface area (Å²) in [7, 11) is 0. The predicted molar refractivity (Wildman–Crippen MR) is 117 cm³/mol. The van der Waals surface area contributed by atoms with Gasteiger partial charge in [0.05, 0.1) is 22.9 Å². The van der Waals surface area contributed by atoms with E-state index < -0.39 is 5.41 Å². The summed E-state index contributed by atoms with van der Waals surface area (Å²) in [6.07, 6.45) is 8.83. The molecule has 0 saturated heterocycles. The fourth-order valence-electron chi connectivity index (χ4n) is 3.35. The summed E-state index contributed by atoms with van der Waals surface area (Å²) in [6, 6.07) is 4.23. The third-order valence-electron chi connectivity index (χ3n) is 5.75. The van der Waals surface area contributed by atoms with E-state index in [1.165, 1.54) is 0 Å². The van der Waals surface area contributed by atoms with E-state index in [4.69, 9.17) is 15.2 Å². The summed E-state index contributed by atoms with van der Waals surface area (Å²) in [5.74, 6) is 1.50. The first-order valence-electron chi connectivity index (χ1n) is 10.2. The maximum atomic E-state index is 5.60. The van der Waals surface area contributed by atoms with Gasteiger partial charge in [-0.05, 0) is 38.3 Å². The van der Waals surface area contributed by atoms with Crippen molar-refractivity contribution >= 4 is 5.95 Å². The molecule has 0 saturated carbocycles. The van der Waals surface area contributed by atoms with Crippen LogP contribution in [0.1, 0.15) is 52.0 Å². The van der Waals surface area contributed by atoms with Crippen molar-refractivity contribution in [2.45, 2.75) is 46.1 Å². The number of aromatic nitrogens is 7. The molecule has 1 unspecified atom stereocenters. The molecule has 0 aromatic carbocycles. The quantitative estimate of drug-likeness (QED) is 0.500. The normalized spacial score (nSPS) is 13.6. The van der Waals surface area contributed by atoms with Gasteiger partial charge in [-0.15, -0.1) is 0 Å². The first kappa shape index (κ1) is 20.6. The molecule has 0 aliphatic rings. The lowest BCUT2D eigenvalue weighted by Crippen LogP contribution is -2.31. The number of rotatable bonds is 6. The molecule has 9 heteroatoms. The minimum Gasteiger partial charge on any atom is -0.368 e. The van der Waals surface area contributed by atoms with Crippen molar-refractivity contribution in [3.8, 4) is 22.7 Å².